The van der Waals surface area contributed by atoms with Crippen molar-refractivity contribution in [2.24, 2.45) is 11.5 Å². The average molecular weight is 167 g/mol. The Balaban J connectivity index is 3.07. The van der Waals surface area contributed by atoms with Crippen molar-refractivity contribution in [3.8, 4) is 5.75 Å². The predicted octanol–water partition coefficient (Wildman–Crippen LogP) is -0.0671. The first-order chi connectivity index (χ1) is 5.66. The number of nitrogens with two attached hydrogens (primary N) is 3. The lowest BCUT2D eigenvalue weighted by atomic mass is 10.1. The van der Waals surface area contributed by atoms with Crippen LogP contribution in [0.2, 0.25) is 0 Å². The zero-order valence-electron chi connectivity index (χ0n) is 6.70. The molecule has 4 nitrogen and oxygen atoms in total. The van der Waals surface area contributed by atoms with Crippen LogP contribution >= 0.6 is 0 Å². The summed E-state index contributed by atoms with van der Waals surface area (Å²) in [7, 11) is 0. The van der Waals surface area contributed by atoms with Crippen LogP contribution in [0.4, 0.5) is 5.69 Å². The summed E-state index contributed by atoms with van der Waals surface area (Å²) in [5.74, 6) is 0.0375. The Morgan fingerprint density at radius 1 is 1.42 bits per heavy atom. The lowest BCUT2D eigenvalue weighted by molar-refractivity contribution is 0.464. The molecule has 0 saturated heterocycles. The topological polar surface area (TPSA) is 98.3 Å². The van der Waals surface area contributed by atoms with Crippen LogP contribution in [-0.2, 0) is 0 Å². The van der Waals surface area contributed by atoms with E-state index in [4.69, 9.17) is 17.2 Å². The van der Waals surface area contributed by atoms with E-state index < -0.39 is 0 Å². The number of phenols is 1. The molecule has 0 fully saturated rings. The molecule has 4 heteroatoms. The highest BCUT2D eigenvalue weighted by Gasteiger charge is 2.10. The van der Waals surface area contributed by atoms with E-state index in [1.54, 1.807) is 18.2 Å². The molecule has 0 radical (unpaired) electrons. The minimum atomic E-state index is -0.353. The molecule has 1 atom stereocenters. The molecule has 1 rings (SSSR count). The first kappa shape index (κ1) is 8.83. The standard InChI is InChI=1S/C8H13N3O/c9-4-7(11)5-2-1-3-6(10)8(5)12/h1-3,7,12H,4,9-11H2. The molecule has 0 aliphatic heterocycles. The molecule has 7 N–H and O–H groups in total. The Hall–Kier alpha value is -1.26. The molecular weight excluding hydrogens is 154 g/mol. The van der Waals surface area contributed by atoms with Gasteiger partial charge in [-0.25, -0.2) is 0 Å². The molecule has 0 aliphatic carbocycles. The largest absolute Gasteiger partial charge is 0.505 e. The summed E-state index contributed by atoms with van der Waals surface area (Å²) in [4.78, 5) is 0. The molecule has 0 aromatic heterocycles. The Kier molecular flexibility index (Phi) is 2.52. The lowest BCUT2D eigenvalue weighted by Crippen LogP contribution is -2.20. The Morgan fingerprint density at radius 3 is 2.67 bits per heavy atom. The zero-order chi connectivity index (χ0) is 9.14. The van der Waals surface area contributed by atoms with Crippen LogP contribution in [0, 0.1) is 0 Å². The zero-order valence-corrected chi connectivity index (χ0v) is 6.70. The van der Waals surface area contributed by atoms with E-state index in [9.17, 15) is 5.11 Å². The van der Waals surface area contributed by atoms with Gasteiger partial charge in [0.2, 0.25) is 0 Å². The van der Waals surface area contributed by atoms with Crippen molar-refractivity contribution in [3.05, 3.63) is 23.8 Å². The molecular formula is C8H13N3O. The molecule has 1 aromatic rings. The average Bonchev–Trinajstić information content (AvgIpc) is 2.08. The van der Waals surface area contributed by atoms with Crippen LogP contribution in [-0.4, -0.2) is 11.7 Å². The first-order valence-corrected chi connectivity index (χ1v) is 3.69. The highest BCUT2D eigenvalue weighted by molar-refractivity contribution is 5.56. The maximum atomic E-state index is 9.44. The van der Waals surface area contributed by atoms with Crippen LogP contribution in [0.3, 0.4) is 0 Å². The van der Waals surface area contributed by atoms with E-state index in [0.717, 1.165) is 0 Å². The van der Waals surface area contributed by atoms with E-state index in [1.807, 2.05) is 0 Å². The number of aromatic hydroxyl groups is 1. The number of phenolic OH excluding ortho intramolecular Hbond substituents is 1. The summed E-state index contributed by atoms with van der Waals surface area (Å²) < 4.78 is 0. The Bertz CT molecular complexity index is 275. The third kappa shape index (κ3) is 1.49. The lowest BCUT2D eigenvalue weighted by Gasteiger charge is -2.11. The third-order valence-electron chi connectivity index (χ3n) is 1.75. The monoisotopic (exact) mass is 167 g/mol. The van der Waals surface area contributed by atoms with Gasteiger partial charge in [-0.1, -0.05) is 12.1 Å². The van der Waals surface area contributed by atoms with Crippen molar-refractivity contribution in [2.75, 3.05) is 12.3 Å². The molecule has 12 heavy (non-hydrogen) atoms. The van der Waals surface area contributed by atoms with Crippen LogP contribution in [0.15, 0.2) is 18.2 Å². The van der Waals surface area contributed by atoms with Gasteiger partial charge in [0.05, 0.1) is 5.69 Å². The van der Waals surface area contributed by atoms with E-state index in [-0.39, 0.29) is 18.3 Å². The minimum Gasteiger partial charge on any atom is -0.505 e. The fourth-order valence-corrected chi connectivity index (χ4v) is 1.01. The summed E-state index contributed by atoms with van der Waals surface area (Å²) in [6, 6.07) is 4.71. The molecule has 0 spiro atoms. The van der Waals surface area contributed by atoms with Crippen LogP contribution < -0.4 is 17.2 Å². The van der Waals surface area contributed by atoms with Crippen LogP contribution in [0.25, 0.3) is 0 Å². The Morgan fingerprint density at radius 2 is 2.08 bits per heavy atom. The second-order valence-corrected chi connectivity index (χ2v) is 2.63. The van der Waals surface area contributed by atoms with Gasteiger partial charge >= 0.3 is 0 Å². The number of anilines is 1. The molecule has 1 unspecified atom stereocenters. The number of benzene rings is 1. The summed E-state index contributed by atoms with van der Waals surface area (Å²) in [5, 5.41) is 9.44. The van der Waals surface area contributed by atoms with Gasteiger partial charge in [-0.05, 0) is 6.07 Å². The van der Waals surface area contributed by atoms with Gasteiger partial charge in [0, 0.05) is 18.2 Å². The molecule has 66 valence electrons. The second-order valence-electron chi connectivity index (χ2n) is 2.63. The number of hydrogen-bond donors (Lipinski definition) is 4. The third-order valence-corrected chi connectivity index (χ3v) is 1.75. The van der Waals surface area contributed by atoms with Gasteiger partial charge in [-0.2, -0.15) is 0 Å². The fourth-order valence-electron chi connectivity index (χ4n) is 1.01. The summed E-state index contributed by atoms with van der Waals surface area (Å²) in [5.41, 5.74) is 17.4. The SMILES string of the molecule is NCC(N)c1cccc(N)c1O. The van der Waals surface area contributed by atoms with Gasteiger partial charge in [0.1, 0.15) is 5.75 Å². The molecule has 0 aliphatic rings. The van der Waals surface area contributed by atoms with E-state index in [0.29, 0.717) is 11.3 Å². The van der Waals surface area contributed by atoms with Gasteiger partial charge in [0.25, 0.3) is 0 Å². The summed E-state index contributed by atoms with van der Waals surface area (Å²) in [6.07, 6.45) is 0. The van der Waals surface area contributed by atoms with E-state index in [1.165, 1.54) is 0 Å². The van der Waals surface area contributed by atoms with Gasteiger partial charge < -0.3 is 22.3 Å². The quantitative estimate of drug-likeness (QED) is 0.366. The van der Waals surface area contributed by atoms with Crippen molar-refractivity contribution in [1.29, 1.82) is 0 Å². The van der Waals surface area contributed by atoms with Crippen molar-refractivity contribution in [2.45, 2.75) is 6.04 Å². The molecule has 0 heterocycles. The molecule has 1 aromatic carbocycles. The van der Waals surface area contributed by atoms with Crippen LogP contribution in [0.5, 0.6) is 5.75 Å². The number of hydrogen-bond acceptors (Lipinski definition) is 4. The summed E-state index contributed by atoms with van der Waals surface area (Å²) in [6.45, 7) is 0.289. The first-order valence-electron chi connectivity index (χ1n) is 3.69. The van der Waals surface area contributed by atoms with Gasteiger partial charge in [0.15, 0.2) is 0 Å². The number of para-hydroxylation sites is 1. The highest BCUT2D eigenvalue weighted by Crippen LogP contribution is 2.27. The summed E-state index contributed by atoms with van der Waals surface area (Å²) >= 11 is 0. The number of nitrogen functional groups attached to an aromatic ring is 1. The maximum Gasteiger partial charge on any atom is 0.143 e. The van der Waals surface area contributed by atoms with Gasteiger partial charge in [-0.3, -0.25) is 0 Å². The van der Waals surface area contributed by atoms with E-state index >= 15 is 0 Å². The van der Waals surface area contributed by atoms with Crippen molar-refractivity contribution in [3.63, 3.8) is 0 Å². The van der Waals surface area contributed by atoms with Crippen molar-refractivity contribution >= 4 is 5.69 Å². The normalized spacial score (nSPS) is 12.8. The van der Waals surface area contributed by atoms with Crippen molar-refractivity contribution in [1.82, 2.24) is 0 Å². The fraction of sp³-hybridized carbons (Fsp3) is 0.250. The molecule has 0 bridgehead atoms. The minimum absolute atomic E-state index is 0.0375. The second kappa shape index (κ2) is 3.42. The molecule has 0 saturated carbocycles. The van der Waals surface area contributed by atoms with Crippen LogP contribution in [0.1, 0.15) is 11.6 Å². The van der Waals surface area contributed by atoms with E-state index in [2.05, 4.69) is 0 Å². The maximum absolute atomic E-state index is 9.44. The highest BCUT2D eigenvalue weighted by atomic mass is 16.3. The van der Waals surface area contributed by atoms with Gasteiger partial charge in [-0.15, -0.1) is 0 Å². The molecule has 0 amide bonds. The number of rotatable bonds is 2. The predicted molar refractivity (Wildman–Crippen MR) is 48.5 cm³/mol. The van der Waals surface area contributed by atoms with Crippen molar-refractivity contribution < 1.29 is 5.11 Å². The smallest absolute Gasteiger partial charge is 0.143 e. The Labute approximate surface area is 71.0 Å².